The third-order valence-corrected chi connectivity index (χ3v) is 6.86. The van der Waals surface area contributed by atoms with Crippen LogP contribution >= 0.6 is 46.4 Å². The molecule has 1 heterocycles. The first-order chi connectivity index (χ1) is 12.4. The van der Waals surface area contributed by atoms with Crippen molar-refractivity contribution >= 4 is 46.4 Å². The van der Waals surface area contributed by atoms with Gasteiger partial charge in [0.25, 0.3) is 0 Å². The van der Waals surface area contributed by atoms with Crippen LogP contribution in [-0.2, 0) is 17.6 Å². The molecule has 2 fully saturated rings. The molecular formula is C20H18Cl4O2. The number of fused-ring (bicyclic) bond motifs is 1. The van der Waals surface area contributed by atoms with Crippen LogP contribution in [0.3, 0.4) is 0 Å². The Balaban J connectivity index is 1.70. The Bertz CT molecular complexity index is 785. The zero-order valence-electron chi connectivity index (χ0n) is 13.9. The van der Waals surface area contributed by atoms with Crippen LogP contribution in [-0.4, -0.2) is 23.9 Å². The van der Waals surface area contributed by atoms with Gasteiger partial charge in [-0.2, -0.15) is 0 Å². The molecule has 2 aliphatic rings. The van der Waals surface area contributed by atoms with Gasteiger partial charge in [-0.1, -0.05) is 58.5 Å². The second kappa shape index (κ2) is 7.16. The molecular weight excluding hydrogens is 414 g/mol. The van der Waals surface area contributed by atoms with E-state index in [0.717, 1.165) is 17.5 Å². The molecule has 4 rings (SSSR count). The largest absolute Gasteiger partial charge is 0.390 e. The number of aliphatic hydroxyl groups excluding tert-OH is 1. The van der Waals surface area contributed by atoms with E-state index in [4.69, 9.17) is 51.1 Å². The van der Waals surface area contributed by atoms with Crippen LogP contribution in [0.15, 0.2) is 36.4 Å². The molecule has 0 bridgehead atoms. The Morgan fingerprint density at radius 1 is 0.923 bits per heavy atom. The van der Waals surface area contributed by atoms with Crippen molar-refractivity contribution in [1.29, 1.82) is 0 Å². The number of hydrogen-bond acceptors (Lipinski definition) is 2. The van der Waals surface area contributed by atoms with Gasteiger partial charge in [-0.3, -0.25) is 0 Å². The van der Waals surface area contributed by atoms with Crippen molar-refractivity contribution < 1.29 is 9.84 Å². The highest BCUT2D eigenvalue weighted by Crippen LogP contribution is 2.52. The number of hydrogen-bond donors (Lipinski definition) is 1. The summed E-state index contributed by atoms with van der Waals surface area (Å²) in [6, 6.07) is 11.0. The monoisotopic (exact) mass is 430 g/mol. The van der Waals surface area contributed by atoms with E-state index in [1.165, 1.54) is 0 Å². The highest BCUT2D eigenvalue weighted by Gasteiger charge is 2.57. The number of ether oxygens (including phenoxy) is 1. The maximum Gasteiger partial charge on any atom is 0.0890 e. The minimum absolute atomic E-state index is 0.104. The summed E-state index contributed by atoms with van der Waals surface area (Å²) in [5.41, 5.74) is 1.56. The molecule has 1 N–H and O–H groups in total. The average Bonchev–Trinajstić information content (AvgIpc) is 2.73. The van der Waals surface area contributed by atoms with Gasteiger partial charge in [0.15, 0.2) is 0 Å². The standard InChI is InChI=1S/C20H18Cl4O2/c21-14-3-1-11(16(23)5-14)7-20(9-13-10-26-18(13)19(20)25)8-12-2-4-15(22)6-17(12)24/h1-6,13,18-19,25H,7-10H2/t13-,18?,19+/m0/s1. The van der Waals surface area contributed by atoms with Crippen molar-refractivity contribution in [1.82, 2.24) is 0 Å². The molecule has 6 heteroatoms. The second-order valence-corrected chi connectivity index (χ2v) is 9.08. The van der Waals surface area contributed by atoms with E-state index in [0.29, 0.717) is 45.5 Å². The van der Waals surface area contributed by atoms with E-state index in [9.17, 15) is 5.11 Å². The third kappa shape index (κ3) is 3.37. The van der Waals surface area contributed by atoms with Crippen molar-refractivity contribution in [3.8, 4) is 0 Å². The minimum atomic E-state index is -0.570. The molecule has 0 spiro atoms. The molecule has 1 unspecified atom stereocenters. The van der Waals surface area contributed by atoms with Gasteiger partial charge in [0.05, 0.1) is 18.8 Å². The Labute approximate surface area is 173 Å². The first kappa shape index (κ1) is 18.9. The Kier molecular flexibility index (Phi) is 5.20. The summed E-state index contributed by atoms with van der Waals surface area (Å²) in [6.45, 7) is 0.701. The van der Waals surface area contributed by atoms with E-state index in [1.807, 2.05) is 24.3 Å². The topological polar surface area (TPSA) is 29.5 Å². The molecule has 0 radical (unpaired) electrons. The molecule has 0 amide bonds. The molecule has 2 nitrogen and oxygen atoms in total. The van der Waals surface area contributed by atoms with E-state index in [-0.39, 0.29) is 11.5 Å². The number of aliphatic hydroxyl groups is 1. The second-order valence-electron chi connectivity index (χ2n) is 7.39. The lowest BCUT2D eigenvalue weighted by atomic mass is 9.73. The van der Waals surface area contributed by atoms with Crippen molar-refractivity contribution in [3.05, 3.63) is 67.6 Å². The van der Waals surface area contributed by atoms with Gasteiger partial charge in [0.2, 0.25) is 0 Å². The summed E-state index contributed by atoms with van der Waals surface area (Å²) >= 11 is 24.9. The molecule has 0 aromatic heterocycles. The average molecular weight is 432 g/mol. The molecule has 138 valence electrons. The fourth-order valence-corrected chi connectivity index (χ4v) is 5.31. The zero-order valence-corrected chi connectivity index (χ0v) is 16.9. The summed E-state index contributed by atoms with van der Waals surface area (Å²) in [6.07, 6.45) is 1.47. The van der Waals surface area contributed by atoms with Gasteiger partial charge in [0, 0.05) is 31.4 Å². The molecule has 1 aliphatic carbocycles. The number of halogens is 4. The van der Waals surface area contributed by atoms with Gasteiger partial charge in [-0.25, -0.2) is 0 Å². The van der Waals surface area contributed by atoms with E-state index < -0.39 is 6.10 Å². The normalized spacial score (nSPS) is 26.4. The smallest absolute Gasteiger partial charge is 0.0890 e. The highest BCUT2D eigenvalue weighted by atomic mass is 35.5. The van der Waals surface area contributed by atoms with Crippen LogP contribution in [0.4, 0.5) is 0 Å². The van der Waals surface area contributed by atoms with Gasteiger partial charge in [-0.15, -0.1) is 0 Å². The van der Waals surface area contributed by atoms with Gasteiger partial charge in [-0.05, 0) is 54.7 Å². The lowest BCUT2D eigenvalue weighted by molar-refractivity contribution is -0.144. The predicted molar refractivity (Wildman–Crippen MR) is 107 cm³/mol. The quantitative estimate of drug-likeness (QED) is 0.657. The van der Waals surface area contributed by atoms with Crippen LogP contribution in [0.1, 0.15) is 17.5 Å². The Morgan fingerprint density at radius 3 is 1.81 bits per heavy atom. The van der Waals surface area contributed by atoms with Gasteiger partial charge < -0.3 is 9.84 Å². The highest BCUT2D eigenvalue weighted by molar-refractivity contribution is 6.35. The Morgan fingerprint density at radius 2 is 1.46 bits per heavy atom. The van der Waals surface area contributed by atoms with Crippen LogP contribution in [0.2, 0.25) is 20.1 Å². The predicted octanol–water partition coefficient (Wildman–Crippen LogP) is 5.85. The van der Waals surface area contributed by atoms with Crippen molar-refractivity contribution in [2.24, 2.45) is 11.3 Å². The summed E-state index contributed by atoms with van der Waals surface area (Å²) in [4.78, 5) is 0. The maximum atomic E-state index is 11.1. The molecule has 2 aromatic carbocycles. The third-order valence-electron chi connectivity index (χ3n) is 5.69. The van der Waals surface area contributed by atoms with Crippen LogP contribution in [0, 0.1) is 11.3 Å². The van der Waals surface area contributed by atoms with Crippen LogP contribution in [0.5, 0.6) is 0 Å². The van der Waals surface area contributed by atoms with Crippen molar-refractivity contribution in [2.45, 2.75) is 31.5 Å². The molecule has 1 saturated heterocycles. The number of rotatable bonds is 4. The summed E-state index contributed by atoms with van der Waals surface area (Å²) in [5, 5.41) is 13.5. The zero-order chi connectivity index (χ0) is 18.5. The summed E-state index contributed by atoms with van der Waals surface area (Å²) < 4.78 is 5.64. The van der Waals surface area contributed by atoms with Crippen LogP contribution in [0.25, 0.3) is 0 Å². The first-order valence-electron chi connectivity index (χ1n) is 8.55. The summed E-state index contributed by atoms with van der Waals surface area (Å²) in [7, 11) is 0. The van der Waals surface area contributed by atoms with E-state index in [1.54, 1.807) is 12.1 Å². The first-order valence-corrected chi connectivity index (χ1v) is 10.1. The molecule has 1 aliphatic heterocycles. The number of benzene rings is 2. The van der Waals surface area contributed by atoms with Crippen molar-refractivity contribution in [3.63, 3.8) is 0 Å². The van der Waals surface area contributed by atoms with E-state index in [2.05, 4.69) is 0 Å². The summed E-state index contributed by atoms with van der Waals surface area (Å²) in [5.74, 6) is 0.377. The minimum Gasteiger partial charge on any atom is -0.390 e. The molecule has 1 saturated carbocycles. The molecule has 2 aromatic rings. The molecule has 26 heavy (non-hydrogen) atoms. The van der Waals surface area contributed by atoms with Gasteiger partial charge >= 0.3 is 0 Å². The maximum absolute atomic E-state index is 11.1. The molecule has 3 atom stereocenters. The van der Waals surface area contributed by atoms with Crippen LogP contribution < -0.4 is 0 Å². The van der Waals surface area contributed by atoms with E-state index >= 15 is 0 Å². The Hall–Kier alpha value is -0.480. The lowest BCUT2D eigenvalue weighted by Gasteiger charge is -2.36. The van der Waals surface area contributed by atoms with Crippen molar-refractivity contribution in [2.75, 3.05) is 6.61 Å². The SMILES string of the molecule is O[C@@H]1C2OC[C@@H]2CC1(Cc1ccc(Cl)cc1Cl)Cc1ccc(Cl)cc1Cl. The van der Waals surface area contributed by atoms with Gasteiger partial charge in [0.1, 0.15) is 0 Å². The fraction of sp³-hybridized carbons (Fsp3) is 0.400. The fourth-order valence-electron chi connectivity index (χ4n) is 4.36. The lowest BCUT2D eigenvalue weighted by Crippen LogP contribution is -2.45.